The minimum atomic E-state index is -0.459. The third kappa shape index (κ3) is 5.18. The van der Waals surface area contributed by atoms with E-state index in [2.05, 4.69) is 33.4 Å². The van der Waals surface area contributed by atoms with Gasteiger partial charge in [-0.15, -0.1) is 11.8 Å². The molecule has 0 aliphatic carbocycles. The summed E-state index contributed by atoms with van der Waals surface area (Å²) in [5.74, 6) is 0.819. The number of rotatable bonds is 4. The zero-order valence-corrected chi connectivity index (χ0v) is 15.6. The Morgan fingerprint density at radius 2 is 2.27 bits per heavy atom. The van der Waals surface area contributed by atoms with Gasteiger partial charge in [0.15, 0.2) is 0 Å². The SMILES string of the molecule is CC(C)(C)OC(=O)NCCSC1COCc2c(Br)cccc21. The van der Waals surface area contributed by atoms with Gasteiger partial charge in [-0.3, -0.25) is 0 Å². The molecule has 0 fully saturated rings. The molecule has 22 heavy (non-hydrogen) atoms. The molecule has 0 saturated carbocycles. The molecule has 1 N–H and O–H groups in total. The van der Waals surface area contributed by atoms with Crippen LogP contribution in [0.1, 0.15) is 37.1 Å². The Kier molecular flexibility index (Phi) is 6.17. The molecule has 0 aromatic heterocycles. The Hall–Kier alpha value is -0.720. The van der Waals surface area contributed by atoms with E-state index in [1.807, 2.05) is 26.8 Å². The lowest BCUT2D eigenvalue weighted by molar-refractivity contribution is 0.0531. The Morgan fingerprint density at radius 1 is 1.50 bits per heavy atom. The minimum Gasteiger partial charge on any atom is -0.444 e. The largest absolute Gasteiger partial charge is 0.444 e. The van der Waals surface area contributed by atoms with Crippen LogP contribution in [-0.4, -0.2) is 30.6 Å². The fourth-order valence-corrected chi connectivity index (χ4v) is 3.79. The monoisotopic (exact) mass is 387 g/mol. The molecule has 122 valence electrons. The molecule has 1 aliphatic heterocycles. The first-order valence-electron chi connectivity index (χ1n) is 7.30. The first-order valence-corrected chi connectivity index (χ1v) is 9.14. The van der Waals surface area contributed by atoms with Crippen LogP contribution in [-0.2, 0) is 16.1 Å². The average Bonchev–Trinajstić information content (AvgIpc) is 2.42. The Balaban J connectivity index is 1.80. The van der Waals surface area contributed by atoms with Gasteiger partial charge in [-0.25, -0.2) is 4.79 Å². The smallest absolute Gasteiger partial charge is 0.407 e. The molecule has 2 rings (SSSR count). The number of thioether (sulfide) groups is 1. The lowest BCUT2D eigenvalue weighted by Crippen LogP contribution is -2.33. The van der Waals surface area contributed by atoms with Crippen molar-refractivity contribution in [2.75, 3.05) is 18.9 Å². The van der Waals surface area contributed by atoms with Gasteiger partial charge in [0, 0.05) is 16.8 Å². The molecule has 0 spiro atoms. The number of fused-ring (bicyclic) bond motifs is 1. The van der Waals surface area contributed by atoms with E-state index in [0.29, 0.717) is 25.0 Å². The van der Waals surface area contributed by atoms with Gasteiger partial charge in [0.2, 0.25) is 0 Å². The molecule has 1 atom stereocenters. The summed E-state index contributed by atoms with van der Waals surface area (Å²) in [6, 6.07) is 6.25. The number of benzene rings is 1. The van der Waals surface area contributed by atoms with Gasteiger partial charge in [-0.1, -0.05) is 28.1 Å². The Labute approximate surface area is 144 Å². The van der Waals surface area contributed by atoms with E-state index in [9.17, 15) is 4.79 Å². The molecular weight excluding hydrogens is 366 g/mol. The summed E-state index contributed by atoms with van der Waals surface area (Å²) in [5.41, 5.74) is 2.09. The highest BCUT2D eigenvalue weighted by atomic mass is 79.9. The van der Waals surface area contributed by atoms with Crippen molar-refractivity contribution in [3.63, 3.8) is 0 Å². The van der Waals surface area contributed by atoms with Crippen LogP contribution in [0.5, 0.6) is 0 Å². The fraction of sp³-hybridized carbons (Fsp3) is 0.562. The molecule has 0 bridgehead atoms. The van der Waals surface area contributed by atoms with Crippen LogP contribution in [0.3, 0.4) is 0 Å². The zero-order chi connectivity index (χ0) is 16.2. The maximum atomic E-state index is 11.6. The van der Waals surface area contributed by atoms with E-state index >= 15 is 0 Å². The van der Waals surface area contributed by atoms with Crippen LogP contribution < -0.4 is 5.32 Å². The molecule has 1 unspecified atom stereocenters. The molecule has 1 heterocycles. The highest BCUT2D eigenvalue weighted by Crippen LogP contribution is 2.37. The Morgan fingerprint density at radius 3 is 3.00 bits per heavy atom. The molecule has 1 aromatic carbocycles. The van der Waals surface area contributed by atoms with E-state index < -0.39 is 5.60 Å². The summed E-state index contributed by atoms with van der Waals surface area (Å²) in [6.45, 7) is 7.52. The summed E-state index contributed by atoms with van der Waals surface area (Å²) in [4.78, 5) is 11.6. The summed E-state index contributed by atoms with van der Waals surface area (Å²) in [7, 11) is 0. The highest BCUT2D eigenvalue weighted by molar-refractivity contribution is 9.10. The van der Waals surface area contributed by atoms with E-state index in [4.69, 9.17) is 9.47 Å². The molecule has 1 aromatic rings. The van der Waals surface area contributed by atoms with Crippen molar-refractivity contribution in [3.05, 3.63) is 33.8 Å². The summed E-state index contributed by atoms with van der Waals surface area (Å²) in [5, 5.41) is 3.09. The molecule has 0 saturated heterocycles. The number of alkyl carbamates (subject to hydrolysis) is 1. The maximum absolute atomic E-state index is 11.6. The molecule has 0 radical (unpaired) electrons. The van der Waals surface area contributed by atoms with Gasteiger partial charge in [-0.2, -0.15) is 0 Å². The van der Waals surface area contributed by atoms with Crippen molar-refractivity contribution < 1.29 is 14.3 Å². The third-order valence-electron chi connectivity index (χ3n) is 3.11. The summed E-state index contributed by atoms with van der Waals surface area (Å²) in [6.07, 6.45) is -0.365. The second kappa shape index (κ2) is 7.70. The Bertz CT molecular complexity index is 531. The second-order valence-corrected chi connectivity index (χ2v) is 8.28. The normalized spacial score (nSPS) is 17.7. The van der Waals surface area contributed by atoms with Crippen molar-refractivity contribution in [1.29, 1.82) is 0 Å². The van der Waals surface area contributed by atoms with Crippen LogP contribution in [0.15, 0.2) is 22.7 Å². The van der Waals surface area contributed by atoms with Gasteiger partial charge in [0.25, 0.3) is 0 Å². The first kappa shape index (κ1) is 17.6. The van der Waals surface area contributed by atoms with Crippen molar-refractivity contribution in [2.24, 2.45) is 0 Å². The molecular formula is C16H22BrNO3S. The topological polar surface area (TPSA) is 47.6 Å². The highest BCUT2D eigenvalue weighted by Gasteiger charge is 2.22. The second-order valence-electron chi connectivity index (χ2n) is 6.11. The standard InChI is InChI=1S/C16H22BrNO3S/c1-16(2,3)21-15(19)18-7-8-22-14-10-20-9-12-11(14)5-4-6-13(12)17/h4-6,14H,7-10H2,1-3H3,(H,18,19). The van der Waals surface area contributed by atoms with Gasteiger partial charge in [0.05, 0.1) is 18.5 Å². The lowest BCUT2D eigenvalue weighted by atomic mass is 10.0. The number of amides is 1. The van der Waals surface area contributed by atoms with Crippen LogP contribution in [0.25, 0.3) is 0 Å². The summed E-state index contributed by atoms with van der Waals surface area (Å²) < 4.78 is 12.0. The fourth-order valence-electron chi connectivity index (χ4n) is 2.19. The molecule has 1 amide bonds. The number of nitrogens with one attached hydrogen (secondary N) is 1. The molecule has 1 aliphatic rings. The van der Waals surface area contributed by atoms with E-state index in [-0.39, 0.29) is 6.09 Å². The van der Waals surface area contributed by atoms with Gasteiger partial charge in [-0.05, 0) is 38.0 Å². The number of halogens is 1. The number of ether oxygens (including phenoxy) is 2. The van der Waals surface area contributed by atoms with Gasteiger partial charge < -0.3 is 14.8 Å². The minimum absolute atomic E-state index is 0.307. The number of hydrogen-bond acceptors (Lipinski definition) is 4. The predicted octanol–water partition coefficient (Wildman–Crippen LogP) is 4.28. The first-order chi connectivity index (χ1) is 10.4. The van der Waals surface area contributed by atoms with Crippen molar-refractivity contribution in [2.45, 2.75) is 38.2 Å². The quantitative estimate of drug-likeness (QED) is 0.783. The zero-order valence-electron chi connectivity index (χ0n) is 13.1. The maximum Gasteiger partial charge on any atom is 0.407 e. The van der Waals surface area contributed by atoms with Crippen LogP contribution in [0.2, 0.25) is 0 Å². The van der Waals surface area contributed by atoms with E-state index in [0.717, 1.165) is 10.2 Å². The van der Waals surface area contributed by atoms with Gasteiger partial charge in [0.1, 0.15) is 5.60 Å². The van der Waals surface area contributed by atoms with E-state index in [1.54, 1.807) is 11.8 Å². The van der Waals surface area contributed by atoms with Crippen LogP contribution in [0, 0.1) is 0 Å². The number of carbonyl (C=O) groups is 1. The van der Waals surface area contributed by atoms with E-state index in [1.165, 1.54) is 11.1 Å². The van der Waals surface area contributed by atoms with Gasteiger partial charge >= 0.3 is 6.09 Å². The van der Waals surface area contributed by atoms with Crippen LogP contribution >= 0.6 is 27.7 Å². The van der Waals surface area contributed by atoms with Crippen LogP contribution in [0.4, 0.5) is 4.79 Å². The van der Waals surface area contributed by atoms with Crippen molar-refractivity contribution >= 4 is 33.8 Å². The predicted molar refractivity (Wildman–Crippen MR) is 93.2 cm³/mol. The average molecular weight is 388 g/mol. The lowest BCUT2D eigenvalue weighted by Gasteiger charge is -2.26. The molecule has 6 heteroatoms. The number of hydrogen-bond donors (Lipinski definition) is 1. The van der Waals surface area contributed by atoms with Crippen molar-refractivity contribution in [1.82, 2.24) is 5.32 Å². The van der Waals surface area contributed by atoms with Crippen molar-refractivity contribution in [3.8, 4) is 0 Å². The summed E-state index contributed by atoms with van der Waals surface area (Å²) >= 11 is 5.37. The molecule has 4 nitrogen and oxygen atoms in total. The number of carbonyl (C=O) groups excluding carboxylic acids is 1. The third-order valence-corrected chi connectivity index (χ3v) is 5.08.